The van der Waals surface area contributed by atoms with E-state index in [1.165, 1.54) is 0 Å². The lowest BCUT2D eigenvalue weighted by molar-refractivity contribution is 0.0952. The number of pyridine rings is 1. The van der Waals surface area contributed by atoms with E-state index in [0.717, 1.165) is 11.1 Å². The Balaban J connectivity index is 2.17. The summed E-state index contributed by atoms with van der Waals surface area (Å²) in [5.74, 6) is -0.393. The van der Waals surface area contributed by atoms with Crippen molar-refractivity contribution in [1.82, 2.24) is 10.3 Å². The topological polar surface area (TPSA) is 71.4 Å². The molecule has 1 amide bonds. The molecule has 106 valence electrons. The molecule has 2 aromatic rings. The van der Waals surface area contributed by atoms with Crippen LogP contribution in [0.5, 0.6) is 0 Å². The van der Waals surface area contributed by atoms with Gasteiger partial charge < -0.3 is 5.32 Å². The summed E-state index contributed by atoms with van der Waals surface area (Å²) in [5, 5.41) is 5.80. The predicted octanol–water partition coefficient (Wildman–Crippen LogP) is 3.41. The Morgan fingerprint density at radius 2 is 1.95 bits per heavy atom. The third kappa shape index (κ3) is 3.97. The van der Waals surface area contributed by atoms with Gasteiger partial charge in [0.1, 0.15) is 5.69 Å². The predicted molar refractivity (Wildman–Crippen MR) is 82.0 cm³/mol. The van der Waals surface area contributed by atoms with E-state index in [1.54, 1.807) is 30.5 Å². The third-order valence-corrected chi connectivity index (χ3v) is 3.00. The molecule has 0 saturated carbocycles. The number of rotatable bonds is 5. The van der Waals surface area contributed by atoms with Crippen molar-refractivity contribution in [3.05, 3.63) is 70.5 Å². The van der Waals surface area contributed by atoms with E-state index in [4.69, 9.17) is 11.6 Å². The van der Waals surface area contributed by atoms with E-state index in [9.17, 15) is 9.70 Å². The van der Waals surface area contributed by atoms with Crippen molar-refractivity contribution < 1.29 is 4.79 Å². The van der Waals surface area contributed by atoms with Crippen molar-refractivity contribution in [2.75, 3.05) is 6.54 Å². The van der Waals surface area contributed by atoms with Crippen LogP contribution >= 0.6 is 11.6 Å². The molecule has 1 aromatic heterocycles. The molecule has 0 bridgehead atoms. The minimum absolute atomic E-state index is 0.00478. The quantitative estimate of drug-likeness (QED) is 0.860. The highest BCUT2D eigenvalue weighted by atomic mass is 35.5. The highest BCUT2D eigenvalue weighted by molar-refractivity contribution is 6.30. The average molecular weight is 302 g/mol. The van der Waals surface area contributed by atoms with Gasteiger partial charge in [-0.05, 0) is 40.6 Å². The lowest BCUT2D eigenvalue weighted by atomic mass is 10.1. The van der Waals surface area contributed by atoms with Gasteiger partial charge in [0, 0.05) is 11.2 Å². The fourth-order valence-electron chi connectivity index (χ4n) is 1.68. The molecule has 5 nitrogen and oxygen atoms in total. The molecule has 6 heteroatoms. The summed E-state index contributed by atoms with van der Waals surface area (Å²) < 4.78 is 0. The van der Waals surface area contributed by atoms with Crippen LogP contribution in [0.4, 0.5) is 0 Å². The van der Waals surface area contributed by atoms with Crippen molar-refractivity contribution in [1.29, 1.82) is 0 Å². The van der Waals surface area contributed by atoms with Crippen LogP contribution in [0, 0.1) is 4.91 Å². The van der Waals surface area contributed by atoms with Gasteiger partial charge in [-0.2, -0.15) is 0 Å². The lowest BCUT2D eigenvalue weighted by Gasteiger charge is -2.06. The number of nitroso groups, excluding NO2 is 1. The van der Waals surface area contributed by atoms with E-state index >= 15 is 0 Å². The first-order chi connectivity index (χ1) is 10.1. The summed E-state index contributed by atoms with van der Waals surface area (Å²) in [6.07, 6.45) is 1.55. The van der Waals surface area contributed by atoms with Gasteiger partial charge in [-0.3, -0.25) is 9.78 Å². The minimum atomic E-state index is -0.393. The Morgan fingerprint density at radius 3 is 2.62 bits per heavy atom. The highest BCUT2D eigenvalue weighted by Crippen LogP contribution is 2.21. The number of nitrogens with zero attached hydrogens (tertiary/aromatic N) is 2. The number of aromatic nitrogens is 1. The molecule has 1 N–H and O–H groups in total. The van der Waals surface area contributed by atoms with Gasteiger partial charge >= 0.3 is 0 Å². The molecule has 1 aromatic carbocycles. The zero-order chi connectivity index (χ0) is 15.2. The summed E-state index contributed by atoms with van der Waals surface area (Å²) in [6.45, 7) is 3.38. The van der Waals surface area contributed by atoms with Crippen LogP contribution in [-0.2, 0) is 0 Å². The molecule has 0 saturated heterocycles. The second-order valence-electron chi connectivity index (χ2n) is 4.28. The van der Waals surface area contributed by atoms with E-state index < -0.39 is 5.91 Å². The first kappa shape index (κ1) is 14.9. The lowest BCUT2D eigenvalue weighted by Crippen LogP contribution is -2.25. The van der Waals surface area contributed by atoms with Crippen LogP contribution in [0.1, 0.15) is 10.5 Å². The number of hydrogen-bond donors (Lipinski definition) is 1. The number of benzene rings is 1. The number of carbonyl (C=O) groups is 1. The Hall–Kier alpha value is -2.53. The van der Waals surface area contributed by atoms with Crippen LogP contribution < -0.4 is 5.32 Å². The van der Waals surface area contributed by atoms with Crippen LogP contribution in [0.15, 0.2) is 60.0 Å². The largest absolute Gasteiger partial charge is 0.345 e. The molecule has 0 aliphatic rings. The maximum absolute atomic E-state index is 11.9. The fourth-order valence-corrected chi connectivity index (χ4v) is 1.81. The molecule has 0 radical (unpaired) electrons. The Morgan fingerprint density at radius 1 is 1.24 bits per heavy atom. The van der Waals surface area contributed by atoms with E-state index in [-0.39, 0.29) is 17.9 Å². The summed E-state index contributed by atoms with van der Waals surface area (Å²) in [7, 11) is 0. The van der Waals surface area contributed by atoms with E-state index in [2.05, 4.69) is 22.1 Å². The van der Waals surface area contributed by atoms with Gasteiger partial charge in [0.05, 0.1) is 12.2 Å². The van der Waals surface area contributed by atoms with Crippen LogP contribution in [0.3, 0.4) is 0 Å². The minimum Gasteiger partial charge on any atom is -0.345 e. The zero-order valence-electron chi connectivity index (χ0n) is 11.0. The molecule has 0 atom stereocenters. The number of hydrogen-bond acceptors (Lipinski definition) is 4. The third-order valence-electron chi connectivity index (χ3n) is 2.75. The molecule has 1 heterocycles. The molecule has 21 heavy (non-hydrogen) atoms. The van der Waals surface area contributed by atoms with Crippen molar-refractivity contribution in [3.8, 4) is 11.1 Å². The van der Waals surface area contributed by atoms with Crippen LogP contribution in [0.25, 0.3) is 11.1 Å². The summed E-state index contributed by atoms with van der Waals surface area (Å²) in [5.41, 5.74) is 2.08. The monoisotopic (exact) mass is 301 g/mol. The van der Waals surface area contributed by atoms with Gasteiger partial charge in [0.15, 0.2) is 0 Å². The molecule has 2 rings (SSSR count). The van der Waals surface area contributed by atoms with E-state index in [1.807, 2.05) is 12.1 Å². The highest BCUT2D eigenvalue weighted by Gasteiger charge is 2.09. The average Bonchev–Trinajstić information content (AvgIpc) is 2.53. The van der Waals surface area contributed by atoms with Gasteiger partial charge in [0.2, 0.25) is 0 Å². The maximum Gasteiger partial charge on any atom is 0.270 e. The van der Waals surface area contributed by atoms with Crippen LogP contribution in [0.2, 0.25) is 5.02 Å². The summed E-state index contributed by atoms with van der Waals surface area (Å²) >= 11 is 5.85. The summed E-state index contributed by atoms with van der Waals surface area (Å²) in [6, 6.07) is 10.7. The number of nitrogens with one attached hydrogen (secondary N) is 1. The first-order valence-electron chi connectivity index (χ1n) is 6.11. The molecule has 0 aliphatic carbocycles. The van der Waals surface area contributed by atoms with Gasteiger partial charge in [-0.25, -0.2) is 0 Å². The Labute approximate surface area is 126 Å². The van der Waals surface area contributed by atoms with Crippen molar-refractivity contribution >= 4 is 17.5 Å². The maximum atomic E-state index is 11.9. The Kier molecular flexibility index (Phi) is 4.79. The molecular formula is C15H12ClN3O2. The molecular weight excluding hydrogens is 290 g/mol. The summed E-state index contributed by atoms with van der Waals surface area (Å²) in [4.78, 5) is 26.1. The standard InChI is InChI=1S/C15H12ClN3O2/c1-10(19-21)9-18-15(20)14-8-12(6-7-17-14)11-2-4-13(16)5-3-11/h2-8H,1,9H2,(H,18,20). The van der Waals surface area contributed by atoms with Crippen molar-refractivity contribution in [2.45, 2.75) is 0 Å². The smallest absolute Gasteiger partial charge is 0.270 e. The number of carbonyl (C=O) groups excluding carboxylic acids is 1. The molecule has 0 fully saturated rings. The van der Waals surface area contributed by atoms with E-state index in [0.29, 0.717) is 5.02 Å². The first-order valence-corrected chi connectivity index (χ1v) is 6.49. The second kappa shape index (κ2) is 6.76. The second-order valence-corrected chi connectivity index (χ2v) is 4.71. The van der Waals surface area contributed by atoms with Gasteiger partial charge in [-0.15, -0.1) is 4.91 Å². The molecule has 0 aliphatic heterocycles. The number of amides is 1. The van der Waals surface area contributed by atoms with Crippen molar-refractivity contribution in [3.63, 3.8) is 0 Å². The number of halogens is 1. The molecule has 0 unspecified atom stereocenters. The van der Waals surface area contributed by atoms with Gasteiger partial charge in [0.25, 0.3) is 5.91 Å². The van der Waals surface area contributed by atoms with Gasteiger partial charge in [-0.1, -0.05) is 30.3 Å². The van der Waals surface area contributed by atoms with Crippen molar-refractivity contribution in [2.24, 2.45) is 5.18 Å². The normalized spacial score (nSPS) is 9.95. The SMILES string of the molecule is C=C(CNC(=O)c1cc(-c2ccc(Cl)cc2)ccn1)N=O. The molecule has 0 spiro atoms. The zero-order valence-corrected chi connectivity index (χ0v) is 11.8. The Bertz CT molecular complexity index is 684. The fraction of sp³-hybridized carbons (Fsp3) is 0.0667. The van der Waals surface area contributed by atoms with Crippen LogP contribution in [-0.4, -0.2) is 17.4 Å².